The summed E-state index contributed by atoms with van der Waals surface area (Å²) >= 11 is 0. The Bertz CT molecular complexity index is 859. The van der Waals surface area contributed by atoms with Crippen LogP contribution in [0.15, 0.2) is 29.1 Å². The number of alkyl halides is 3. The lowest BCUT2D eigenvalue weighted by atomic mass is 9.66. The van der Waals surface area contributed by atoms with Crippen LogP contribution in [0.4, 0.5) is 19.1 Å². The fraction of sp³-hybridized carbons (Fsp3) is 0.556. The van der Waals surface area contributed by atoms with E-state index < -0.39 is 17.5 Å². The Morgan fingerprint density at radius 2 is 1.96 bits per heavy atom. The highest BCUT2D eigenvalue weighted by Gasteiger charge is 2.56. The second-order valence-corrected chi connectivity index (χ2v) is 7.19. The van der Waals surface area contributed by atoms with Crippen LogP contribution in [-0.2, 0) is 4.74 Å². The fourth-order valence-corrected chi connectivity index (χ4v) is 4.36. The van der Waals surface area contributed by atoms with Crippen LogP contribution in [0.2, 0.25) is 0 Å². The normalized spacial score (nSPS) is 23.5. The molecular formula is C18H20F3N3O2. The van der Waals surface area contributed by atoms with Crippen molar-refractivity contribution < 1.29 is 17.9 Å². The number of piperidine rings is 1. The fourth-order valence-electron chi connectivity index (χ4n) is 4.36. The molecule has 2 saturated heterocycles. The maximum Gasteiger partial charge on any atom is 0.392 e. The Morgan fingerprint density at radius 1 is 1.23 bits per heavy atom. The molecule has 8 heteroatoms. The largest absolute Gasteiger partial charge is 0.392 e. The molecule has 1 N–H and O–H groups in total. The number of rotatable bonds is 1. The molecule has 2 aliphatic rings. The molecular weight excluding hydrogens is 347 g/mol. The van der Waals surface area contributed by atoms with Gasteiger partial charge in [-0.05, 0) is 31.4 Å². The zero-order valence-corrected chi connectivity index (χ0v) is 14.2. The number of anilines is 1. The third-order valence-electron chi connectivity index (χ3n) is 5.72. The quantitative estimate of drug-likeness (QED) is 0.842. The Labute approximate surface area is 148 Å². The molecule has 2 fully saturated rings. The van der Waals surface area contributed by atoms with Crippen LogP contribution in [0.1, 0.15) is 19.3 Å². The Morgan fingerprint density at radius 3 is 2.69 bits per heavy atom. The molecule has 0 unspecified atom stereocenters. The standard InChI is InChI=1S/C18H20F3N3O2/c19-18(20,21)14-5-8-24(11-17(14)6-9-26-10-7-17)16-22-13-4-2-1-3-12(13)15(25)23-16/h1-4,14H,5-11H2,(H,22,23,25)/t14-/m0/s1. The van der Waals surface area contributed by atoms with Gasteiger partial charge in [-0.25, -0.2) is 4.98 Å². The number of para-hydroxylation sites is 1. The number of benzene rings is 1. The first-order valence-corrected chi connectivity index (χ1v) is 8.78. The molecule has 5 nitrogen and oxygen atoms in total. The van der Waals surface area contributed by atoms with E-state index in [2.05, 4.69) is 9.97 Å². The van der Waals surface area contributed by atoms with E-state index in [1.807, 2.05) is 0 Å². The molecule has 0 aliphatic carbocycles. The number of hydrogen-bond acceptors (Lipinski definition) is 4. The number of hydrogen-bond donors (Lipinski definition) is 1. The van der Waals surface area contributed by atoms with Gasteiger partial charge in [-0.2, -0.15) is 13.2 Å². The molecule has 1 spiro atoms. The zero-order chi connectivity index (χ0) is 18.4. The van der Waals surface area contributed by atoms with Crippen LogP contribution in [0.5, 0.6) is 0 Å². The van der Waals surface area contributed by atoms with Gasteiger partial charge in [-0.3, -0.25) is 9.78 Å². The van der Waals surface area contributed by atoms with E-state index in [-0.39, 0.29) is 25.1 Å². The smallest absolute Gasteiger partial charge is 0.381 e. The third kappa shape index (κ3) is 2.96. The number of H-pyrrole nitrogens is 1. The molecule has 0 amide bonds. The first kappa shape index (κ1) is 17.3. The predicted octanol–water partition coefficient (Wildman–Crippen LogP) is 3.11. The number of ether oxygens (including phenoxy) is 1. The average Bonchev–Trinajstić information content (AvgIpc) is 2.61. The lowest BCUT2D eigenvalue weighted by Crippen LogP contribution is -2.56. The van der Waals surface area contributed by atoms with Crippen molar-refractivity contribution in [2.24, 2.45) is 11.3 Å². The maximum atomic E-state index is 13.6. The van der Waals surface area contributed by atoms with Crippen molar-refractivity contribution in [2.75, 3.05) is 31.2 Å². The Balaban J connectivity index is 1.70. The zero-order valence-electron chi connectivity index (χ0n) is 14.2. The number of halogens is 3. The highest BCUT2D eigenvalue weighted by Crippen LogP contribution is 2.51. The van der Waals surface area contributed by atoms with Crippen LogP contribution in [0.25, 0.3) is 10.9 Å². The monoisotopic (exact) mass is 367 g/mol. The SMILES string of the molecule is O=c1[nH]c(N2CC[C@H](C(F)(F)F)C3(CCOCC3)C2)nc2ccccc12. The van der Waals surface area contributed by atoms with E-state index in [1.165, 1.54) is 0 Å². The highest BCUT2D eigenvalue weighted by molar-refractivity contribution is 5.78. The van der Waals surface area contributed by atoms with Crippen molar-refractivity contribution in [2.45, 2.75) is 25.4 Å². The van der Waals surface area contributed by atoms with Crippen molar-refractivity contribution in [1.29, 1.82) is 0 Å². The van der Waals surface area contributed by atoms with Gasteiger partial charge in [-0.1, -0.05) is 12.1 Å². The predicted molar refractivity (Wildman–Crippen MR) is 91.2 cm³/mol. The van der Waals surface area contributed by atoms with Gasteiger partial charge in [0.15, 0.2) is 0 Å². The van der Waals surface area contributed by atoms with Gasteiger partial charge >= 0.3 is 6.18 Å². The summed E-state index contributed by atoms with van der Waals surface area (Å²) in [5.74, 6) is -0.998. The van der Waals surface area contributed by atoms with E-state index in [0.717, 1.165) is 0 Å². The van der Waals surface area contributed by atoms with E-state index in [0.29, 0.717) is 42.9 Å². The van der Waals surface area contributed by atoms with Crippen LogP contribution in [0.3, 0.4) is 0 Å². The van der Waals surface area contributed by atoms with Gasteiger partial charge in [0.25, 0.3) is 5.56 Å². The highest BCUT2D eigenvalue weighted by atomic mass is 19.4. The molecule has 0 radical (unpaired) electrons. The summed E-state index contributed by atoms with van der Waals surface area (Å²) in [4.78, 5) is 21.3. The first-order valence-electron chi connectivity index (χ1n) is 8.78. The van der Waals surface area contributed by atoms with Crippen LogP contribution in [0, 0.1) is 11.3 Å². The van der Waals surface area contributed by atoms with E-state index in [9.17, 15) is 18.0 Å². The van der Waals surface area contributed by atoms with Gasteiger partial charge < -0.3 is 9.64 Å². The molecule has 1 aromatic carbocycles. The summed E-state index contributed by atoms with van der Waals surface area (Å²) in [6.07, 6.45) is -3.50. The molecule has 140 valence electrons. The number of nitrogens with zero attached hydrogens (tertiary/aromatic N) is 2. The molecule has 1 atom stereocenters. The van der Waals surface area contributed by atoms with Crippen molar-refractivity contribution in [3.63, 3.8) is 0 Å². The van der Waals surface area contributed by atoms with Crippen molar-refractivity contribution >= 4 is 16.9 Å². The van der Waals surface area contributed by atoms with E-state index >= 15 is 0 Å². The first-order chi connectivity index (χ1) is 12.4. The van der Waals surface area contributed by atoms with Crippen molar-refractivity contribution in [1.82, 2.24) is 9.97 Å². The third-order valence-corrected chi connectivity index (χ3v) is 5.72. The number of fused-ring (bicyclic) bond motifs is 1. The van der Waals surface area contributed by atoms with E-state index in [1.54, 1.807) is 29.2 Å². The summed E-state index contributed by atoms with van der Waals surface area (Å²) in [6, 6.07) is 6.96. The van der Waals surface area contributed by atoms with Crippen LogP contribution >= 0.6 is 0 Å². The molecule has 0 bridgehead atoms. The summed E-state index contributed by atoms with van der Waals surface area (Å²) in [5.41, 5.74) is -0.617. The minimum absolute atomic E-state index is 0.0000370. The topological polar surface area (TPSA) is 58.2 Å². The van der Waals surface area contributed by atoms with Gasteiger partial charge in [0.2, 0.25) is 5.95 Å². The second-order valence-electron chi connectivity index (χ2n) is 7.19. The molecule has 4 rings (SSSR count). The van der Waals surface area contributed by atoms with E-state index in [4.69, 9.17) is 4.74 Å². The summed E-state index contributed by atoms with van der Waals surface area (Å²) in [6.45, 7) is 1.11. The molecule has 26 heavy (non-hydrogen) atoms. The minimum Gasteiger partial charge on any atom is -0.381 e. The lowest BCUT2D eigenvalue weighted by molar-refractivity contribution is -0.223. The number of nitrogens with one attached hydrogen (secondary N) is 1. The van der Waals surface area contributed by atoms with Crippen LogP contribution < -0.4 is 10.5 Å². The second kappa shape index (κ2) is 6.26. The summed E-state index contributed by atoms with van der Waals surface area (Å²) < 4.78 is 46.2. The molecule has 2 aliphatic heterocycles. The Hall–Kier alpha value is -2.09. The lowest BCUT2D eigenvalue weighted by Gasteiger charge is -2.50. The van der Waals surface area contributed by atoms with Crippen molar-refractivity contribution in [3.8, 4) is 0 Å². The van der Waals surface area contributed by atoms with Gasteiger partial charge in [-0.15, -0.1) is 0 Å². The molecule has 3 heterocycles. The van der Waals surface area contributed by atoms with Gasteiger partial charge in [0.05, 0.1) is 16.8 Å². The molecule has 0 saturated carbocycles. The van der Waals surface area contributed by atoms with Crippen molar-refractivity contribution in [3.05, 3.63) is 34.6 Å². The maximum absolute atomic E-state index is 13.6. The van der Waals surface area contributed by atoms with Gasteiger partial charge in [0, 0.05) is 31.7 Å². The average molecular weight is 367 g/mol. The Kier molecular flexibility index (Phi) is 4.17. The number of aromatic amines is 1. The van der Waals surface area contributed by atoms with Crippen LogP contribution in [-0.4, -0.2) is 42.4 Å². The molecule has 2 aromatic rings. The summed E-state index contributed by atoms with van der Waals surface area (Å²) in [7, 11) is 0. The number of aromatic nitrogens is 2. The minimum atomic E-state index is -4.23. The van der Waals surface area contributed by atoms with Gasteiger partial charge in [0.1, 0.15) is 0 Å². The molecule has 1 aromatic heterocycles. The summed E-state index contributed by atoms with van der Waals surface area (Å²) in [5, 5.41) is 0.474.